The van der Waals surface area contributed by atoms with Gasteiger partial charge >= 0.3 is 0 Å². The van der Waals surface area contributed by atoms with E-state index in [1.165, 1.54) is 32.1 Å². The normalized spacial score (nSPS) is 18.5. The van der Waals surface area contributed by atoms with Crippen LogP contribution in [0.5, 0.6) is 0 Å². The lowest BCUT2D eigenvalue weighted by Gasteiger charge is -2.21. The van der Waals surface area contributed by atoms with Crippen LogP contribution in [-0.2, 0) is 4.74 Å². The average Bonchev–Trinajstić information content (AvgIpc) is 3.14. The fourth-order valence-corrected chi connectivity index (χ4v) is 2.90. The first-order valence-corrected chi connectivity index (χ1v) is 10.5. The van der Waals surface area contributed by atoms with Crippen molar-refractivity contribution in [2.45, 2.75) is 64.4 Å². The lowest BCUT2D eigenvalue weighted by atomic mass is 10.1. The second kappa shape index (κ2) is 14.0. The SMILES string of the molecule is C=C(Br)/C=N\N(C)/C(=C\C(CCCCCCC)=N/C)NCC1CCCO1. The van der Waals surface area contributed by atoms with Crippen molar-refractivity contribution in [2.24, 2.45) is 10.1 Å². The summed E-state index contributed by atoms with van der Waals surface area (Å²) in [5, 5.41) is 9.72. The van der Waals surface area contributed by atoms with Crippen LogP contribution in [0.3, 0.4) is 0 Å². The first-order chi connectivity index (χ1) is 12.6. The van der Waals surface area contributed by atoms with Crippen molar-refractivity contribution < 1.29 is 4.74 Å². The van der Waals surface area contributed by atoms with E-state index < -0.39 is 0 Å². The fraction of sp³-hybridized carbons (Fsp3) is 0.700. The molecule has 6 heteroatoms. The van der Waals surface area contributed by atoms with Crippen LogP contribution in [0.15, 0.2) is 33.1 Å². The van der Waals surface area contributed by atoms with Crippen LogP contribution in [0.1, 0.15) is 58.3 Å². The molecule has 1 N–H and O–H groups in total. The van der Waals surface area contributed by atoms with Crippen molar-refractivity contribution in [2.75, 3.05) is 27.2 Å². The standard InChI is InChI=1S/C20H35BrN4O/c1-5-6-7-8-9-11-18(22-3)14-20(25(4)24-15-17(2)21)23-16-19-12-10-13-26-19/h14-15,19,23H,2,5-13,16H2,1,3-4H3/b20-14-,22-18-,24-15-. The summed E-state index contributed by atoms with van der Waals surface area (Å²) in [6.45, 7) is 7.69. The molecule has 0 aromatic heterocycles. The van der Waals surface area contributed by atoms with E-state index in [0.29, 0.717) is 0 Å². The van der Waals surface area contributed by atoms with Gasteiger partial charge in [-0.25, -0.2) is 0 Å². The maximum absolute atomic E-state index is 5.72. The minimum atomic E-state index is 0.276. The van der Waals surface area contributed by atoms with E-state index in [2.05, 4.69) is 50.9 Å². The Bertz CT molecular complexity index is 496. The largest absolute Gasteiger partial charge is 0.376 e. The number of hydrogen-bond acceptors (Lipinski definition) is 5. The molecule has 1 fully saturated rings. The number of nitrogens with zero attached hydrogens (tertiary/aromatic N) is 3. The van der Waals surface area contributed by atoms with Gasteiger partial charge in [0.2, 0.25) is 0 Å². The molecular formula is C20H35BrN4O. The summed E-state index contributed by atoms with van der Waals surface area (Å²) in [6, 6.07) is 0. The number of ether oxygens (including phenoxy) is 1. The second-order valence-electron chi connectivity index (χ2n) is 6.64. The number of unbranched alkanes of at least 4 members (excludes halogenated alkanes) is 4. The Hall–Kier alpha value is -1.14. The molecular weight excluding hydrogens is 392 g/mol. The Morgan fingerprint density at radius 2 is 2.12 bits per heavy atom. The highest BCUT2D eigenvalue weighted by Gasteiger charge is 2.16. The summed E-state index contributed by atoms with van der Waals surface area (Å²) >= 11 is 3.31. The number of hydrogen-bond donors (Lipinski definition) is 1. The average molecular weight is 427 g/mol. The number of halogens is 1. The molecule has 0 amide bonds. The van der Waals surface area contributed by atoms with E-state index >= 15 is 0 Å². The minimum Gasteiger partial charge on any atom is -0.376 e. The zero-order valence-electron chi connectivity index (χ0n) is 16.6. The summed E-state index contributed by atoms with van der Waals surface area (Å²) in [6.07, 6.45) is 13.6. The van der Waals surface area contributed by atoms with Crippen molar-refractivity contribution in [3.8, 4) is 0 Å². The van der Waals surface area contributed by atoms with Crippen LogP contribution in [0.4, 0.5) is 0 Å². The fourth-order valence-electron chi connectivity index (χ4n) is 2.81. The molecule has 26 heavy (non-hydrogen) atoms. The molecule has 148 valence electrons. The summed E-state index contributed by atoms with van der Waals surface area (Å²) in [5.41, 5.74) is 1.09. The number of nitrogens with one attached hydrogen (secondary N) is 1. The van der Waals surface area contributed by atoms with Crippen LogP contribution in [0, 0.1) is 0 Å². The van der Waals surface area contributed by atoms with Gasteiger partial charge in [0.1, 0.15) is 5.82 Å². The van der Waals surface area contributed by atoms with Crippen molar-refractivity contribution in [3.63, 3.8) is 0 Å². The zero-order valence-corrected chi connectivity index (χ0v) is 18.2. The molecule has 1 atom stereocenters. The molecule has 0 radical (unpaired) electrons. The Kier molecular flexibility index (Phi) is 12.3. The smallest absolute Gasteiger partial charge is 0.124 e. The third-order valence-electron chi connectivity index (χ3n) is 4.38. The summed E-state index contributed by atoms with van der Waals surface area (Å²) in [5.74, 6) is 0.930. The van der Waals surface area contributed by atoms with Crippen LogP contribution in [-0.4, -0.2) is 50.3 Å². The van der Waals surface area contributed by atoms with E-state index in [4.69, 9.17) is 4.74 Å². The first-order valence-electron chi connectivity index (χ1n) is 9.71. The summed E-state index contributed by atoms with van der Waals surface area (Å²) < 4.78 is 6.46. The Labute approximate surface area is 167 Å². The van der Waals surface area contributed by atoms with Gasteiger partial charge < -0.3 is 10.1 Å². The molecule has 0 aromatic rings. The second-order valence-corrected chi connectivity index (χ2v) is 7.66. The van der Waals surface area contributed by atoms with E-state index in [0.717, 1.165) is 48.4 Å². The zero-order chi connectivity index (χ0) is 19.2. The van der Waals surface area contributed by atoms with Gasteiger partial charge in [0.15, 0.2) is 0 Å². The molecule has 0 spiro atoms. The van der Waals surface area contributed by atoms with Gasteiger partial charge in [-0.3, -0.25) is 10.0 Å². The van der Waals surface area contributed by atoms with E-state index in [-0.39, 0.29) is 6.10 Å². The van der Waals surface area contributed by atoms with E-state index in [9.17, 15) is 0 Å². The van der Waals surface area contributed by atoms with Crippen LogP contribution in [0.2, 0.25) is 0 Å². The van der Waals surface area contributed by atoms with Crippen molar-refractivity contribution >= 4 is 27.9 Å². The monoisotopic (exact) mass is 426 g/mol. The lowest BCUT2D eigenvalue weighted by Crippen LogP contribution is -2.32. The molecule has 1 aliphatic heterocycles. The van der Waals surface area contributed by atoms with E-state index in [1.807, 2.05) is 19.1 Å². The number of allylic oxidation sites excluding steroid dienone is 2. The Balaban J connectivity index is 2.68. The van der Waals surface area contributed by atoms with Crippen LogP contribution >= 0.6 is 15.9 Å². The van der Waals surface area contributed by atoms with Gasteiger partial charge in [-0.05, 0) is 41.6 Å². The third kappa shape index (κ3) is 10.1. The molecule has 5 nitrogen and oxygen atoms in total. The summed E-state index contributed by atoms with van der Waals surface area (Å²) in [7, 11) is 3.79. The van der Waals surface area contributed by atoms with Gasteiger partial charge in [0, 0.05) is 43.5 Å². The molecule has 0 aromatic carbocycles. The maximum Gasteiger partial charge on any atom is 0.124 e. The number of hydrazone groups is 1. The minimum absolute atomic E-state index is 0.276. The van der Waals surface area contributed by atoms with Crippen LogP contribution in [0.25, 0.3) is 0 Å². The quantitative estimate of drug-likeness (QED) is 0.260. The highest BCUT2D eigenvalue weighted by Crippen LogP contribution is 2.13. The molecule has 1 saturated heterocycles. The Morgan fingerprint density at radius 1 is 1.35 bits per heavy atom. The van der Waals surface area contributed by atoms with Gasteiger partial charge in [0.05, 0.1) is 12.3 Å². The summed E-state index contributed by atoms with van der Waals surface area (Å²) in [4.78, 5) is 4.47. The van der Waals surface area contributed by atoms with Crippen LogP contribution < -0.4 is 5.32 Å². The molecule has 1 rings (SSSR count). The molecule has 1 unspecified atom stereocenters. The van der Waals surface area contributed by atoms with Gasteiger partial charge in [-0.2, -0.15) is 5.10 Å². The van der Waals surface area contributed by atoms with Gasteiger partial charge in [-0.15, -0.1) is 0 Å². The van der Waals surface area contributed by atoms with Crippen molar-refractivity contribution in [1.82, 2.24) is 10.3 Å². The number of aliphatic imine (C=N–C) groups is 1. The third-order valence-corrected chi connectivity index (χ3v) is 4.59. The highest BCUT2D eigenvalue weighted by atomic mass is 79.9. The first kappa shape index (κ1) is 22.9. The Morgan fingerprint density at radius 3 is 2.73 bits per heavy atom. The highest BCUT2D eigenvalue weighted by molar-refractivity contribution is 9.12. The molecule has 1 aliphatic rings. The van der Waals surface area contributed by atoms with E-state index in [1.54, 1.807) is 6.21 Å². The van der Waals surface area contributed by atoms with Crippen molar-refractivity contribution in [1.29, 1.82) is 0 Å². The molecule has 0 saturated carbocycles. The molecule has 1 heterocycles. The number of rotatable bonds is 13. The molecule has 0 bridgehead atoms. The predicted octanol–water partition coefficient (Wildman–Crippen LogP) is 4.85. The van der Waals surface area contributed by atoms with Gasteiger partial charge in [-0.1, -0.05) is 39.2 Å². The lowest BCUT2D eigenvalue weighted by molar-refractivity contribution is 0.110. The van der Waals surface area contributed by atoms with Crippen molar-refractivity contribution in [3.05, 3.63) is 23.0 Å². The molecule has 0 aliphatic carbocycles. The van der Waals surface area contributed by atoms with Gasteiger partial charge in [0.25, 0.3) is 0 Å². The predicted molar refractivity (Wildman–Crippen MR) is 116 cm³/mol. The topological polar surface area (TPSA) is 49.2 Å². The maximum atomic E-state index is 5.72.